The van der Waals surface area contributed by atoms with Crippen molar-refractivity contribution in [1.82, 2.24) is 5.32 Å². The number of hydrogen-bond acceptors (Lipinski definition) is 2. The molecular formula is C23H23NOS. The van der Waals surface area contributed by atoms with E-state index in [2.05, 4.69) is 41.7 Å². The third-order valence-electron chi connectivity index (χ3n) is 5.08. The Kier molecular flexibility index (Phi) is 5.26. The number of amides is 1. The molecule has 1 N–H and O–H groups in total. The first kappa shape index (κ1) is 17.2. The molecule has 1 saturated carbocycles. The van der Waals surface area contributed by atoms with Gasteiger partial charge >= 0.3 is 0 Å². The minimum atomic E-state index is 0.0485. The number of thioether (sulfide) groups is 1. The Balaban J connectivity index is 1.53. The minimum absolute atomic E-state index is 0.0485. The molecule has 0 aromatic heterocycles. The summed E-state index contributed by atoms with van der Waals surface area (Å²) < 4.78 is 0. The van der Waals surface area contributed by atoms with Crippen molar-refractivity contribution >= 4 is 28.4 Å². The van der Waals surface area contributed by atoms with E-state index in [1.54, 1.807) is 0 Å². The molecule has 3 aromatic carbocycles. The van der Waals surface area contributed by atoms with Gasteiger partial charge in [0.15, 0.2) is 0 Å². The molecule has 0 aliphatic heterocycles. The zero-order valence-corrected chi connectivity index (χ0v) is 15.5. The lowest BCUT2D eigenvalue weighted by atomic mass is 9.94. The van der Waals surface area contributed by atoms with Crippen LogP contribution in [0.15, 0.2) is 77.7 Å². The molecule has 1 aliphatic carbocycles. The van der Waals surface area contributed by atoms with Crippen molar-refractivity contribution in [2.45, 2.75) is 41.9 Å². The first-order chi connectivity index (χ1) is 12.8. The van der Waals surface area contributed by atoms with Gasteiger partial charge in [-0.3, -0.25) is 4.79 Å². The van der Waals surface area contributed by atoms with Crippen LogP contribution < -0.4 is 5.32 Å². The Labute approximate surface area is 159 Å². The highest BCUT2D eigenvalue weighted by Crippen LogP contribution is 2.34. The van der Waals surface area contributed by atoms with Crippen molar-refractivity contribution in [2.24, 2.45) is 0 Å². The van der Waals surface area contributed by atoms with Crippen LogP contribution in [0.25, 0.3) is 10.8 Å². The van der Waals surface area contributed by atoms with Gasteiger partial charge in [-0.25, -0.2) is 0 Å². The second-order valence-corrected chi connectivity index (χ2v) is 8.17. The maximum atomic E-state index is 13.0. The minimum Gasteiger partial charge on any atom is -0.348 e. The standard InChI is InChI=1S/C23H23NOS/c25-23(20-14-8-10-17-9-4-5-13-19(17)20)24-21-15-6-7-16-22(21)26-18-11-2-1-3-12-18/h1-5,8-14,21-22H,6-7,15-16H2,(H,24,25)/t21-,22-/m1/s1. The quantitative estimate of drug-likeness (QED) is 0.648. The summed E-state index contributed by atoms with van der Waals surface area (Å²) in [6, 6.07) is 24.8. The zero-order valence-electron chi connectivity index (χ0n) is 14.7. The molecule has 0 unspecified atom stereocenters. The number of hydrogen-bond donors (Lipinski definition) is 1. The normalized spacial score (nSPS) is 20.0. The lowest BCUT2D eigenvalue weighted by Crippen LogP contribution is -2.43. The SMILES string of the molecule is O=C(N[C@@H]1CCCC[C@H]1Sc1ccccc1)c1cccc2ccccc12. The Morgan fingerprint density at radius 3 is 2.46 bits per heavy atom. The van der Waals surface area contributed by atoms with Gasteiger partial charge in [0.05, 0.1) is 0 Å². The summed E-state index contributed by atoms with van der Waals surface area (Å²) >= 11 is 1.90. The van der Waals surface area contributed by atoms with Gasteiger partial charge in [-0.1, -0.05) is 67.4 Å². The van der Waals surface area contributed by atoms with Crippen LogP contribution in [0.4, 0.5) is 0 Å². The Bertz CT molecular complexity index is 888. The van der Waals surface area contributed by atoms with Crippen LogP contribution in [0.3, 0.4) is 0 Å². The lowest BCUT2D eigenvalue weighted by molar-refractivity contribution is 0.0931. The van der Waals surface area contributed by atoms with Crippen molar-refractivity contribution in [1.29, 1.82) is 0 Å². The van der Waals surface area contributed by atoms with Crippen LogP contribution in [-0.2, 0) is 0 Å². The highest BCUT2D eigenvalue weighted by Gasteiger charge is 2.28. The average molecular weight is 362 g/mol. The predicted molar refractivity (Wildman–Crippen MR) is 110 cm³/mol. The zero-order chi connectivity index (χ0) is 17.8. The molecule has 2 nitrogen and oxygen atoms in total. The maximum Gasteiger partial charge on any atom is 0.252 e. The summed E-state index contributed by atoms with van der Waals surface area (Å²) in [5.41, 5.74) is 0.775. The highest BCUT2D eigenvalue weighted by atomic mass is 32.2. The van der Waals surface area contributed by atoms with Crippen LogP contribution in [0, 0.1) is 0 Å². The van der Waals surface area contributed by atoms with Gasteiger partial charge in [0.2, 0.25) is 0 Å². The lowest BCUT2D eigenvalue weighted by Gasteiger charge is -2.32. The van der Waals surface area contributed by atoms with E-state index in [1.165, 1.54) is 17.7 Å². The number of rotatable bonds is 4. The Morgan fingerprint density at radius 1 is 0.846 bits per heavy atom. The third kappa shape index (κ3) is 3.78. The molecule has 1 aliphatic rings. The van der Waals surface area contributed by atoms with Gasteiger partial charge in [0, 0.05) is 21.8 Å². The molecule has 1 fully saturated rings. The predicted octanol–water partition coefficient (Wildman–Crippen LogP) is 5.67. The van der Waals surface area contributed by atoms with Gasteiger partial charge in [0.1, 0.15) is 0 Å². The van der Waals surface area contributed by atoms with Crippen LogP contribution in [0.1, 0.15) is 36.0 Å². The molecule has 3 aromatic rings. The van der Waals surface area contributed by atoms with Crippen LogP contribution >= 0.6 is 11.8 Å². The first-order valence-electron chi connectivity index (χ1n) is 9.31. The summed E-state index contributed by atoms with van der Waals surface area (Å²) in [5.74, 6) is 0.0485. The Morgan fingerprint density at radius 2 is 1.58 bits per heavy atom. The Hall–Kier alpha value is -2.26. The number of nitrogens with one attached hydrogen (secondary N) is 1. The molecule has 1 amide bonds. The number of carbonyl (C=O) groups is 1. The first-order valence-corrected chi connectivity index (χ1v) is 10.2. The van der Waals surface area contributed by atoms with Crippen molar-refractivity contribution in [3.05, 3.63) is 78.4 Å². The largest absolute Gasteiger partial charge is 0.348 e. The van der Waals surface area contributed by atoms with Crippen molar-refractivity contribution < 1.29 is 4.79 Å². The third-order valence-corrected chi connectivity index (χ3v) is 6.50. The topological polar surface area (TPSA) is 29.1 Å². The van der Waals surface area contributed by atoms with Crippen LogP contribution in [-0.4, -0.2) is 17.2 Å². The fourth-order valence-electron chi connectivity index (χ4n) is 3.75. The van der Waals surface area contributed by atoms with E-state index >= 15 is 0 Å². The van der Waals surface area contributed by atoms with Gasteiger partial charge in [0.25, 0.3) is 5.91 Å². The van der Waals surface area contributed by atoms with E-state index in [0.717, 1.165) is 29.2 Å². The molecule has 132 valence electrons. The number of carbonyl (C=O) groups excluding carboxylic acids is 1. The molecule has 0 heterocycles. The average Bonchev–Trinajstić information content (AvgIpc) is 2.70. The molecule has 0 spiro atoms. The summed E-state index contributed by atoms with van der Waals surface area (Å²) in [6.45, 7) is 0. The molecule has 0 saturated heterocycles. The van der Waals surface area contributed by atoms with Crippen LogP contribution in [0.2, 0.25) is 0 Å². The van der Waals surface area contributed by atoms with E-state index in [4.69, 9.17) is 0 Å². The van der Waals surface area contributed by atoms with Crippen molar-refractivity contribution in [3.8, 4) is 0 Å². The summed E-state index contributed by atoms with van der Waals surface area (Å²) in [7, 11) is 0. The number of fused-ring (bicyclic) bond motifs is 1. The molecule has 26 heavy (non-hydrogen) atoms. The van der Waals surface area contributed by atoms with Gasteiger partial charge in [-0.05, 0) is 41.8 Å². The van der Waals surface area contributed by atoms with E-state index in [-0.39, 0.29) is 11.9 Å². The second-order valence-electron chi connectivity index (χ2n) is 6.86. The molecule has 4 rings (SSSR count). The van der Waals surface area contributed by atoms with E-state index in [9.17, 15) is 4.79 Å². The highest BCUT2D eigenvalue weighted by molar-refractivity contribution is 8.00. The van der Waals surface area contributed by atoms with Gasteiger partial charge in [-0.15, -0.1) is 11.8 Å². The molecule has 2 atom stereocenters. The van der Waals surface area contributed by atoms with E-state index in [1.807, 2.05) is 48.2 Å². The monoisotopic (exact) mass is 361 g/mol. The summed E-state index contributed by atoms with van der Waals surface area (Å²) in [4.78, 5) is 14.3. The van der Waals surface area contributed by atoms with Gasteiger partial charge in [-0.2, -0.15) is 0 Å². The van der Waals surface area contributed by atoms with E-state index in [0.29, 0.717) is 5.25 Å². The summed E-state index contributed by atoms with van der Waals surface area (Å²) in [6.07, 6.45) is 4.64. The molecular weight excluding hydrogens is 338 g/mol. The van der Waals surface area contributed by atoms with Crippen molar-refractivity contribution in [2.75, 3.05) is 0 Å². The summed E-state index contributed by atoms with van der Waals surface area (Å²) in [5, 5.41) is 5.91. The second kappa shape index (κ2) is 7.96. The molecule has 3 heteroatoms. The fourth-order valence-corrected chi connectivity index (χ4v) is 5.06. The number of benzene rings is 3. The molecule has 0 radical (unpaired) electrons. The van der Waals surface area contributed by atoms with Crippen LogP contribution in [0.5, 0.6) is 0 Å². The molecule has 0 bridgehead atoms. The smallest absolute Gasteiger partial charge is 0.252 e. The van der Waals surface area contributed by atoms with Gasteiger partial charge < -0.3 is 5.32 Å². The van der Waals surface area contributed by atoms with Crippen molar-refractivity contribution in [3.63, 3.8) is 0 Å². The fraction of sp³-hybridized carbons (Fsp3) is 0.261. The van der Waals surface area contributed by atoms with E-state index < -0.39 is 0 Å². The maximum absolute atomic E-state index is 13.0.